The quantitative estimate of drug-likeness (QED) is 0.766. The molecule has 2 rings (SSSR count). The van der Waals surface area contributed by atoms with Crippen LogP contribution in [0.3, 0.4) is 0 Å². The van der Waals surface area contributed by atoms with Crippen molar-refractivity contribution in [3.8, 4) is 0 Å². The number of methoxy groups -OCH3 is 1. The molecule has 0 spiro atoms. The van der Waals surface area contributed by atoms with Crippen LogP contribution >= 0.6 is 0 Å². The molecule has 18 heavy (non-hydrogen) atoms. The van der Waals surface area contributed by atoms with Crippen LogP contribution in [0.25, 0.3) is 0 Å². The molecule has 1 atom stereocenters. The van der Waals surface area contributed by atoms with E-state index in [1.54, 1.807) is 0 Å². The van der Waals surface area contributed by atoms with Gasteiger partial charge in [0.25, 0.3) is 0 Å². The maximum atomic E-state index is 11.7. The summed E-state index contributed by atoms with van der Waals surface area (Å²) in [6.07, 6.45) is 3.13. The number of hydrogen-bond donors (Lipinski definition) is 0. The van der Waals surface area contributed by atoms with Gasteiger partial charge in [0, 0.05) is 18.8 Å². The number of ether oxygens (including phenoxy) is 1. The predicted molar refractivity (Wildman–Crippen MR) is 72.8 cm³/mol. The lowest BCUT2D eigenvalue weighted by Crippen LogP contribution is -2.36. The molecule has 1 unspecified atom stereocenters. The maximum absolute atomic E-state index is 11.7. The standard InChI is InChI=1S/C15H21NO2/c1-3-12(15(17)18-2)11-16-10-6-8-13-7-4-5-9-14(13)16/h4-5,7,9,12H,3,6,8,10-11H2,1-2H3. The molecule has 98 valence electrons. The van der Waals surface area contributed by atoms with E-state index >= 15 is 0 Å². The van der Waals surface area contributed by atoms with Crippen LogP contribution in [0.4, 0.5) is 5.69 Å². The van der Waals surface area contributed by atoms with Gasteiger partial charge in [0.2, 0.25) is 0 Å². The first-order valence-corrected chi connectivity index (χ1v) is 6.67. The smallest absolute Gasteiger partial charge is 0.310 e. The number of carbonyl (C=O) groups excluding carboxylic acids is 1. The zero-order valence-corrected chi connectivity index (χ0v) is 11.2. The number of anilines is 1. The van der Waals surface area contributed by atoms with Gasteiger partial charge in [-0.05, 0) is 30.9 Å². The topological polar surface area (TPSA) is 29.5 Å². The normalized spacial score (nSPS) is 16.0. The molecule has 1 aliphatic heterocycles. The van der Waals surface area contributed by atoms with Crippen LogP contribution in [-0.2, 0) is 16.0 Å². The largest absolute Gasteiger partial charge is 0.469 e. The molecule has 0 aromatic heterocycles. The second-order valence-corrected chi connectivity index (χ2v) is 4.81. The van der Waals surface area contributed by atoms with Crippen LogP contribution < -0.4 is 4.90 Å². The minimum Gasteiger partial charge on any atom is -0.469 e. The summed E-state index contributed by atoms with van der Waals surface area (Å²) in [6.45, 7) is 3.84. The Kier molecular flexibility index (Phi) is 4.24. The van der Waals surface area contributed by atoms with E-state index in [0.29, 0.717) is 0 Å². The number of para-hydroxylation sites is 1. The lowest BCUT2D eigenvalue weighted by Gasteiger charge is -2.33. The van der Waals surface area contributed by atoms with Gasteiger partial charge in [-0.15, -0.1) is 0 Å². The molecule has 0 bridgehead atoms. The molecule has 0 saturated heterocycles. The Hall–Kier alpha value is -1.51. The number of rotatable bonds is 4. The molecule has 0 amide bonds. The van der Waals surface area contributed by atoms with E-state index in [0.717, 1.165) is 32.4 Å². The molecule has 1 aliphatic rings. The van der Waals surface area contributed by atoms with Crippen molar-refractivity contribution < 1.29 is 9.53 Å². The van der Waals surface area contributed by atoms with Crippen LogP contribution in [-0.4, -0.2) is 26.2 Å². The predicted octanol–water partition coefficient (Wildman–Crippen LogP) is 2.64. The molecule has 0 fully saturated rings. The number of aryl methyl sites for hydroxylation is 1. The summed E-state index contributed by atoms with van der Waals surface area (Å²) in [5.74, 6) is -0.123. The number of hydrogen-bond acceptors (Lipinski definition) is 3. The molecule has 0 saturated carbocycles. The van der Waals surface area contributed by atoms with Gasteiger partial charge < -0.3 is 9.64 Å². The van der Waals surface area contributed by atoms with Crippen molar-refractivity contribution in [3.05, 3.63) is 29.8 Å². The van der Waals surface area contributed by atoms with Crippen molar-refractivity contribution in [2.24, 2.45) is 5.92 Å². The summed E-state index contributed by atoms with van der Waals surface area (Å²) < 4.78 is 4.87. The Bertz CT molecular complexity index is 417. The molecule has 0 radical (unpaired) electrons. The number of nitrogens with zero attached hydrogens (tertiary/aromatic N) is 1. The fraction of sp³-hybridized carbons (Fsp3) is 0.533. The van der Waals surface area contributed by atoms with E-state index in [-0.39, 0.29) is 11.9 Å². The SMILES string of the molecule is CCC(CN1CCCc2ccccc21)C(=O)OC. The number of carbonyl (C=O) groups is 1. The third-order valence-electron chi connectivity index (χ3n) is 3.67. The minimum absolute atomic E-state index is 0.0267. The van der Waals surface area contributed by atoms with E-state index < -0.39 is 0 Å². The summed E-state index contributed by atoms with van der Waals surface area (Å²) in [6, 6.07) is 8.48. The van der Waals surface area contributed by atoms with Gasteiger partial charge in [0.05, 0.1) is 13.0 Å². The van der Waals surface area contributed by atoms with Crippen LogP contribution in [0, 0.1) is 5.92 Å². The Morgan fingerprint density at radius 1 is 1.44 bits per heavy atom. The van der Waals surface area contributed by atoms with Crippen molar-refractivity contribution in [1.82, 2.24) is 0 Å². The molecule has 0 N–H and O–H groups in total. The van der Waals surface area contributed by atoms with Crippen LogP contribution in [0.2, 0.25) is 0 Å². The fourth-order valence-electron chi connectivity index (χ4n) is 2.60. The zero-order chi connectivity index (χ0) is 13.0. The molecular weight excluding hydrogens is 226 g/mol. The molecule has 3 nitrogen and oxygen atoms in total. The van der Waals surface area contributed by atoms with Gasteiger partial charge >= 0.3 is 5.97 Å². The summed E-state index contributed by atoms with van der Waals surface area (Å²) in [5, 5.41) is 0. The second kappa shape index (κ2) is 5.89. The van der Waals surface area contributed by atoms with Crippen LogP contribution in [0.5, 0.6) is 0 Å². The van der Waals surface area contributed by atoms with E-state index in [2.05, 4.69) is 29.2 Å². The average molecular weight is 247 g/mol. The van der Waals surface area contributed by atoms with Crippen molar-refractivity contribution >= 4 is 11.7 Å². The van der Waals surface area contributed by atoms with E-state index in [1.807, 2.05) is 6.92 Å². The highest BCUT2D eigenvalue weighted by atomic mass is 16.5. The van der Waals surface area contributed by atoms with Gasteiger partial charge in [0.1, 0.15) is 0 Å². The summed E-state index contributed by atoms with van der Waals surface area (Å²) in [5.41, 5.74) is 2.68. The van der Waals surface area contributed by atoms with Crippen molar-refractivity contribution in [1.29, 1.82) is 0 Å². The number of fused-ring (bicyclic) bond motifs is 1. The van der Waals surface area contributed by atoms with Crippen LogP contribution in [0.15, 0.2) is 24.3 Å². The van der Waals surface area contributed by atoms with E-state index in [1.165, 1.54) is 18.4 Å². The van der Waals surface area contributed by atoms with Crippen molar-refractivity contribution in [3.63, 3.8) is 0 Å². The van der Waals surface area contributed by atoms with Gasteiger partial charge in [-0.3, -0.25) is 4.79 Å². The van der Waals surface area contributed by atoms with Gasteiger partial charge in [-0.2, -0.15) is 0 Å². The first kappa shape index (κ1) is 12.9. The summed E-state index contributed by atoms with van der Waals surface area (Å²) >= 11 is 0. The molecule has 1 aromatic carbocycles. The zero-order valence-electron chi connectivity index (χ0n) is 11.2. The number of esters is 1. The van der Waals surface area contributed by atoms with Crippen LogP contribution in [0.1, 0.15) is 25.3 Å². The molecule has 0 aliphatic carbocycles. The highest BCUT2D eigenvalue weighted by molar-refractivity contribution is 5.73. The Morgan fingerprint density at radius 2 is 2.22 bits per heavy atom. The minimum atomic E-state index is -0.0967. The second-order valence-electron chi connectivity index (χ2n) is 4.81. The highest BCUT2D eigenvalue weighted by Crippen LogP contribution is 2.27. The Labute approximate surface area is 109 Å². The lowest BCUT2D eigenvalue weighted by molar-refractivity contribution is -0.145. The molecule has 1 heterocycles. The fourth-order valence-corrected chi connectivity index (χ4v) is 2.60. The third kappa shape index (κ3) is 2.66. The van der Waals surface area contributed by atoms with E-state index in [9.17, 15) is 4.79 Å². The Morgan fingerprint density at radius 3 is 2.94 bits per heavy atom. The summed E-state index contributed by atoms with van der Waals surface area (Å²) in [4.78, 5) is 14.0. The third-order valence-corrected chi connectivity index (χ3v) is 3.67. The summed E-state index contributed by atoms with van der Waals surface area (Å²) in [7, 11) is 1.47. The van der Waals surface area contributed by atoms with Gasteiger partial charge in [0.15, 0.2) is 0 Å². The Balaban J connectivity index is 2.13. The van der Waals surface area contributed by atoms with Crippen molar-refractivity contribution in [2.75, 3.05) is 25.1 Å². The molecular formula is C15H21NO2. The van der Waals surface area contributed by atoms with Gasteiger partial charge in [-0.1, -0.05) is 25.1 Å². The maximum Gasteiger partial charge on any atom is 0.310 e. The molecule has 1 aromatic rings. The number of benzene rings is 1. The average Bonchev–Trinajstić information content (AvgIpc) is 2.44. The highest BCUT2D eigenvalue weighted by Gasteiger charge is 2.23. The monoisotopic (exact) mass is 247 g/mol. The lowest BCUT2D eigenvalue weighted by atomic mass is 9.99. The van der Waals surface area contributed by atoms with Gasteiger partial charge in [-0.25, -0.2) is 0 Å². The first-order chi connectivity index (χ1) is 8.76. The van der Waals surface area contributed by atoms with Crippen molar-refractivity contribution in [2.45, 2.75) is 26.2 Å². The first-order valence-electron chi connectivity index (χ1n) is 6.67. The molecule has 3 heteroatoms. The van der Waals surface area contributed by atoms with E-state index in [4.69, 9.17) is 4.74 Å².